The fourth-order valence-electron chi connectivity index (χ4n) is 2.11. The van der Waals surface area contributed by atoms with Gasteiger partial charge in [0, 0.05) is 18.8 Å². The largest absolute Gasteiger partial charge is 0.478 e. The molecule has 0 amide bonds. The van der Waals surface area contributed by atoms with Crippen LogP contribution in [0.3, 0.4) is 0 Å². The predicted octanol–water partition coefficient (Wildman–Crippen LogP) is 2.09. The van der Waals surface area contributed by atoms with Crippen molar-refractivity contribution in [3.63, 3.8) is 0 Å². The molecule has 2 aliphatic heterocycles. The maximum Gasteiger partial charge on any atom is 0.333 e. The summed E-state index contributed by atoms with van der Waals surface area (Å²) in [4.78, 5) is 12.7. The monoisotopic (exact) mass is 223 g/mol. The Morgan fingerprint density at radius 3 is 3.06 bits per heavy atom. The van der Waals surface area contributed by atoms with Crippen molar-refractivity contribution in [2.45, 2.75) is 44.9 Å². The second-order valence-electron chi connectivity index (χ2n) is 4.19. The molecule has 4 heteroatoms. The first-order chi connectivity index (χ1) is 7.70. The maximum absolute atomic E-state index is 10.9. The van der Waals surface area contributed by atoms with Gasteiger partial charge in [0.1, 0.15) is 6.23 Å². The van der Waals surface area contributed by atoms with E-state index in [0.717, 1.165) is 19.3 Å². The average Bonchev–Trinajstić information content (AvgIpc) is 2.77. The minimum atomic E-state index is -0.848. The molecule has 1 N–H and O–H groups in total. The number of rotatable bonds is 3. The van der Waals surface area contributed by atoms with E-state index < -0.39 is 5.97 Å². The lowest BCUT2D eigenvalue weighted by atomic mass is 10.1. The van der Waals surface area contributed by atoms with Crippen LogP contribution in [0.1, 0.15) is 32.6 Å². The molecule has 0 aromatic rings. The Labute approximate surface area is 95.2 Å². The van der Waals surface area contributed by atoms with Crippen LogP contribution >= 0.6 is 0 Å². The van der Waals surface area contributed by atoms with E-state index in [1.807, 2.05) is 17.2 Å². The van der Waals surface area contributed by atoms with E-state index in [1.54, 1.807) is 6.20 Å². The fraction of sp³-hybridized carbons (Fsp3) is 0.583. The maximum atomic E-state index is 10.9. The first kappa shape index (κ1) is 11.2. The molecule has 4 nitrogen and oxygen atoms in total. The number of carboxylic acids is 1. The Morgan fingerprint density at radius 2 is 2.44 bits per heavy atom. The van der Waals surface area contributed by atoms with Gasteiger partial charge in [-0.1, -0.05) is 13.0 Å². The number of allylic oxidation sites excluding steroid dienone is 1. The number of aliphatic carboxylic acids is 1. The van der Waals surface area contributed by atoms with E-state index >= 15 is 0 Å². The smallest absolute Gasteiger partial charge is 0.333 e. The summed E-state index contributed by atoms with van der Waals surface area (Å²) in [5, 5.41) is 8.93. The van der Waals surface area contributed by atoms with Crippen molar-refractivity contribution >= 4 is 5.97 Å². The highest BCUT2D eigenvalue weighted by Gasteiger charge is 2.28. The van der Waals surface area contributed by atoms with E-state index in [4.69, 9.17) is 9.84 Å². The van der Waals surface area contributed by atoms with Crippen LogP contribution in [-0.2, 0) is 9.53 Å². The molecule has 2 atom stereocenters. The standard InChI is InChI=1S/C12H17NO3/c1-2-10-5-6-11(16-10)13-7-3-4-9(8-13)12(14)15/h3,7-8,10-11H,2,4-6H2,1H3,(H,14,15). The predicted molar refractivity (Wildman–Crippen MR) is 59.5 cm³/mol. The van der Waals surface area contributed by atoms with Crippen LogP contribution < -0.4 is 0 Å². The van der Waals surface area contributed by atoms with E-state index in [9.17, 15) is 4.79 Å². The molecule has 0 aliphatic carbocycles. The van der Waals surface area contributed by atoms with Crippen molar-refractivity contribution in [3.8, 4) is 0 Å². The molecule has 0 saturated carbocycles. The van der Waals surface area contributed by atoms with Gasteiger partial charge in [-0.15, -0.1) is 0 Å². The second-order valence-corrected chi connectivity index (χ2v) is 4.19. The highest BCUT2D eigenvalue weighted by Crippen LogP contribution is 2.27. The van der Waals surface area contributed by atoms with Crippen LogP contribution in [0.5, 0.6) is 0 Å². The lowest BCUT2D eigenvalue weighted by Gasteiger charge is -2.26. The number of carboxylic acid groups (broad SMARTS) is 1. The van der Waals surface area contributed by atoms with Gasteiger partial charge in [0.2, 0.25) is 0 Å². The Hall–Kier alpha value is -1.29. The molecule has 0 radical (unpaired) electrons. The number of carbonyl (C=O) groups is 1. The molecule has 2 aliphatic rings. The topological polar surface area (TPSA) is 49.8 Å². The number of nitrogens with zero attached hydrogens (tertiary/aromatic N) is 1. The minimum Gasteiger partial charge on any atom is -0.478 e. The Morgan fingerprint density at radius 1 is 1.62 bits per heavy atom. The van der Waals surface area contributed by atoms with Crippen LogP contribution in [-0.4, -0.2) is 28.3 Å². The van der Waals surface area contributed by atoms with Gasteiger partial charge >= 0.3 is 5.97 Å². The van der Waals surface area contributed by atoms with Gasteiger partial charge in [-0.05, 0) is 19.3 Å². The lowest BCUT2D eigenvalue weighted by Crippen LogP contribution is -2.28. The molecule has 0 aromatic carbocycles. The third-order valence-corrected chi connectivity index (χ3v) is 3.07. The summed E-state index contributed by atoms with van der Waals surface area (Å²) < 4.78 is 5.82. The van der Waals surface area contributed by atoms with Crippen molar-refractivity contribution in [1.82, 2.24) is 4.90 Å². The van der Waals surface area contributed by atoms with E-state index in [1.165, 1.54) is 0 Å². The summed E-state index contributed by atoms with van der Waals surface area (Å²) in [6.45, 7) is 2.11. The van der Waals surface area contributed by atoms with Gasteiger partial charge in [0.25, 0.3) is 0 Å². The molecule has 1 saturated heterocycles. The molecule has 88 valence electrons. The van der Waals surface area contributed by atoms with Crippen LogP contribution in [0, 0.1) is 0 Å². The number of ether oxygens (including phenoxy) is 1. The van der Waals surface area contributed by atoms with E-state index in [-0.39, 0.29) is 6.23 Å². The SMILES string of the molecule is CCC1CCC(N2C=CCC(C(=O)O)=C2)O1. The summed E-state index contributed by atoms with van der Waals surface area (Å²) in [7, 11) is 0. The normalized spacial score (nSPS) is 29.3. The molecule has 2 rings (SSSR count). The second kappa shape index (κ2) is 4.70. The molecule has 2 heterocycles. The molecule has 16 heavy (non-hydrogen) atoms. The number of hydrogen-bond donors (Lipinski definition) is 1. The molecule has 1 fully saturated rings. The van der Waals surface area contributed by atoms with Crippen LogP contribution in [0.4, 0.5) is 0 Å². The molecule has 0 aromatic heterocycles. The van der Waals surface area contributed by atoms with Crippen molar-refractivity contribution in [3.05, 3.63) is 24.0 Å². The lowest BCUT2D eigenvalue weighted by molar-refractivity contribution is -0.132. The zero-order valence-corrected chi connectivity index (χ0v) is 9.43. The van der Waals surface area contributed by atoms with Gasteiger partial charge in [-0.3, -0.25) is 0 Å². The Balaban J connectivity index is 2.02. The molecular weight excluding hydrogens is 206 g/mol. The van der Waals surface area contributed by atoms with Crippen LogP contribution in [0.25, 0.3) is 0 Å². The summed E-state index contributed by atoms with van der Waals surface area (Å²) in [6, 6.07) is 0. The summed E-state index contributed by atoms with van der Waals surface area (Å²) >= 11 is 0. The summed E-state index contributed by atoms with van der Waals surface area (Å²) in [5.41, 5.74) is 0.422. The van der Waals surface area contributed by atoms with E-state index in [0.29, 0.717) is 18.1 Å². The van der Waals surface area contributed by atoms with Gasteiger partial charge in [-0.25, -0.2) is 4.79 Å². The van der Waals surface area contributed by atoms with Gasteiger partial charge < -0.3 is 14.7 Å². The highest BCUT2D eigenvalue weighted by atomic mass is 16.5. The first-order valence-corrected chi connectivity index (χ1v) is 5.74. The molecule has 0 bridgehead atoms. The summed E-state index contributed by atoms with van der Waals surface area (Å²) in [5.74, 6) is -0.848. The van der Waals surface area contributed by atoms with Crippen molar-refractivity contribution < 1.29 is 14.6 Å². The van der Waals surface area contributed by atoms with Crippen molar-refractivity contribution in [2.24, 2.45) is 0 Å². The zero-order valence-electron chi connectivity index (χ0n) is 9.43. The Bertz CT molecular complexity index is 335. The van der Waals surface area contributed by atoms with Gasteiger partial charge in [0.15, 0.2) is 0 Å². The average molecular weight is 223 g/mol. The van der Waals surface area contributed by atoms with Gasteiger partial charge in [-0.2, -0.15) is 0 Å². The zero-order chi connectivity index (χ0) is 11.5. The van der Waals surface area contributed by atoms with Crippen LogP contribution in [0.15, 0.2) is 24.0 Å². The Kier molecular flexibility index (Phi) is 3.29. The van der Waals surface area contributed by atoms with Crippen molar-refractivity contribution in [2.75, 3.05) is 0 Å². The first-order valence-electron chi connectivity index (χ1n) is 5.74. The molecular formula is C12H17NO3. The van der Waals surface area contributed by atoms with Crippen molar-refractivity contribution in [1.29, 1.82) is 0 Å². The summed E-state index contributed by atoms with van der Waals surface area (Å²) in [6.07, 6.45) is 9.33. The third kappa shape index (κ3) is 2.27. The quantitative estimate of drug-likeness (QED) is 0.796. The highest BCUT2D eigenvalue weighted by molar-refractivity contribution is 5.87. The fourth-order valence-corrected chi connectivity index (χ4v) is 2.11. The third-order valence-electron chi connectivity index (χ3n) is 3.07. The molecule has 0 spiro atoms. The van der Waals surface area contributed by atoms with Crippen LogP contribution in [0.2, 0.25) is 0 Å². The van der Waals surface area contributed by atoms with E-state index in [2.05, 4.69) is 6.92 Å². The minimum absolute atomic E-state index is 0.0100. The molecule has 2 unspecified atom stereocenters. The van der Waals surface area contributed by atoms with Gasteiger partial charge in [0.05, 0.1) is 11.7 Å². The number of hydrogen-bond acceptors (Lipinski definition) is 3.